The molecule has 0 unspecified atom stereocenters. The second-order valence-electron chi connectivity index (χ2n) is 6.46. The fourth-order valence-electron chi connectivity index (χ4n) is 3.17. The molecule has 1 amide bonds. The molecule has 104 valence electrons. The highest BCUT2D eigenvalue weighted by atomic mass is 16.7. The molecule has 0 aromatic rings. The minimum Gasteiger partial charge on any atom is -0.349 e. The van der Waals surface area contributed by atoms with Crippen molar-refractivity contribution >= 4 is 5.91 Å². The van der Waals surface area contributed by atoms with Crippen molar-refractivity contribution in [1.82, 2.24) is 10.4 Å². The molecule has 1 heterocycles. The number of rotatable bonds is 3. The molecule has 1 rings (SSSR count). The van der Waals surface area contributed by atoms with Gasteiger partial charge in [0.2, 0.25) is 5.91 Å². The zero-order valence-electron chi connectivity index (χ0n) is 12.5. The van der Waals surface area contributed by atoms with Crippen molar-refractivity contribution in [3.05, 3.63) is 12.2 Å². The highest BCUT2D eigenvalue weighted by Gasteiger charge is 2.46. The number of carbonyl (C=O) groups is 1. The summed E-state index contributed by atoms with van der Waals surface area (Å²) in [5.41, 5.74) is 0.340. The first-order valence-electron chi connectivity index (χ1n) is 6.41. The predicted molar refractivity (Wildman–Crippen MR) is 73.0 cm³/mol. The zero-order chi connectivity index (χ0) is 14.1. The Hall–Kier alpha value is -0.870. The first-order valence-corrected chi connectivity index (χ1v) is 6.41. The van der Waals surface area contributed by atoms with E-state index >= 15 is 0 Å². The summed E-state index contributed by atoms with van der Waals surface area (Å²) in [6.45, 7) is 14.0. The third kappa shape index (κ3) is 3.12. The van der Waals surface area contributed by atoms with Crippen LogP contribution in [0.25, 0.3) is 0 Å². The van der Waals surface area contributed by atoms with Gasteiger partial charge in [0.1, 0.15) is 0 Å². The van der Waals surface area contributed by atoms with Crippen molar-refractivity contribution in [1.29, 1.82) is 0 Å². The fourth-order valence-corrected chi connectivity index (χ4v) is 3.17. The van der Waals surface area contributed by atoms with E-state index in [1.165, 1.54) is 0 Å². The first kappa shape index (κ1) is 15.2. The van der Waals surface area contributed by atoms with E-state index < -0.39 is 0 Å². The first-order chi connectivity index (χ1) is 8.10. The third-order valence-corrected chi connectivity index (χ3v) is 3.50. The molecule has 0 spiro atoms. The number of nitrogens with zero attached hydrogens (tertiary/aromatic N) is 1. The van der Waals surface area contributed by atoms with Crippen LogP contribution < -0.4 is 5.32 Å². The van der Waals surface area contributed by atoms with Crippen LogP contribution in [0.3, 0.4) is 0 Å². The Balaban J connectivity index is 2.83. The molecule has 4 nitrogen and oxygen atoms in total. The SMILES string of the molecule is C=C(C)C(=O)NC1CC(C)(C)N(OC)C(C)(C)C1. The molecule has 0 atom stereocenters. The normalized spacial score (nSPS) is 23.7. The van der Waals surface area contributed by atoms with Gasteiger partial charge in [0.05, 0.1) is 7.11 Å². The molecule has 4 heteroatoms. The van der Waals surface area contributed by atoms with Gasteiger partial charge in [0.15, 0.2) is 0 Å². The van der Waals surface area contributed by atoms with Crippen LogP contribution in [0.1, 0.15) is 47.5 Å². The van der Waals surface area contributed by atoms with E-state index in [1.807, 2.05) is 5.06 Å². The van der Waals surface area contributed by atoms with Gasteiger partial charge < -0.3 is 10.2 Å². The predicted octanol–water partition coefficient (Wildman–Crippen LogP) is 2.26. The summed E-state index contributed by atoms with van der Waals surface area (Å²) in [6.07, 6.45) is 1.73. The van der Waals surface area contributed by atoms with E-state index in [2.05, 4.69) is 39.6 Å². The second-order valence-corrected chi connectivity index (χ2v) is 6.46. The molecule has 0 aromatic heterocycles. The molecule has 0 bridgehead atoms. The van der Waals surface area contributed by atoms with E-state index in [4.69, 9.17) is 4.84 Å². The number of hydrogen-bond donors (Lipinski definition) is 1. The van der Waals surface area contributed by atoms with Crippen LogP contribution in [0, 0.1) is 0 Å². The van der Waals surface area contributed by atoms with Gasteiger partial charge in [0, 0.05) is 22.7 Å². The fraction of sp³-hybridized carbons (Fsp3) is 0.786. The van der Waals surface area contributed by atoms with E-state index in [0.717, 1.165) is 12.8 Å². The van der Waals surface area contributed by atoms with Crippen molar-refractivity contribution in [3.8, 4) is 0 Å². The van der Waals surface area contributed by atoms with Crippen LogP contribution in [0.2, 0.25) is 0 Å². The van der Waals surface area contributed by atoms with Crippen LogP contribution in [-0.4, -0.2) is 35.2 Å². The third-order valence-electron chi connectivity index (χ3n) is 3.50. The Morgan fingerprint density at radius 1 is 1.28 bits per heavy atom. The van der Waals surface area contributed by atoms with Gasteiger partial charge in [-0.1, -0.05) is 6.58 Å². The van der Waals surface area contributed by atoms with Crippen molar-refractivity contribution in [2.45, 2.75) is 64.6 Å². The van der Waals surface area contributed by atoms with Crippen molar-refractivity contribution in [2.75, 3.05) is 7.11 Å². The Labute approximate surface area is 110 Å². The maximum Gasteiger partial charge on any atom is 0.246 e. The lowest BCUT2D eigenvalue weighted by atomic mass is 9.79. The lowest BCUT2D eigenvalue weighted by Gasteiger charge is -2.53. The zero-order valence-corrected chi connectivity index (χ0v) is 12.5. The summed E-state index contributed by atoms with van der Waals surface area (Å²) in [4.78, 5) is 17.3. The molecule has 0 aromatic carbocycles. The Kier molecular flexibility index (Phi) is 4.23. The van der Waals surface area contributed by atoms with Crippen molar-refractivity contribution in [3.63, 3.8) is 0 Å². The minimum absolute atomic E-state index is 0.0579. The molecule has 1 fully saturated rings. The summed E-state index contributed by atoms with van der Waals surface area (Å²) in [5, 5.41) is 5.08. The van der Waals surface area contributed by atoms with Gasteiger partial charge in [-0.25, -0.2) is 0 Å². The van der Waals surface area contributed by atoms with Gasteiger partial charge in [-0.2, -0.15) is 5.06 Å². The van der Waals surface area contributed by atoms with Gasteiger partial charge >= 0.3 is 0 Å². The molecule has 1 aliphatic heterocycles. The maximum atomic E-state index is 11.7. The van der Waals surface area contributed by atoms with Crippen LogP contribution in [0.5, 0.6) is 0 Å². The number of carbonyl (C=O) groups excluding carboxylic acids is 1. The maximum absolute atomic E-state index is 11.7. The monoisotopic (exact) mass is 254 g/mol. The lowest BCUT2D eigenvalue weighted by molar-refractivity contribution is -0.267. The average molecular weight is 254 g/mol. The molecule has 1 N–H and O–H groups in total. The highest BCUT2D eigenvalue weighted by molar-refractivity contribution is 5.92. The van der Waals surface area contributed by atoms with Gasteiger partial charge in [-0.05, 0) is 47.5 Å². The van der Waals surface area contributed by atoms with E-state index in [0.29, 0.717) is 5.57 Å². The highest BCUT2D eigenvalue weighted by Crippen LogP contribution is 2.38. The van der Waals surface area contributed by atoms with E-state index in [9.17, 15) is 4.79 Å². The Morgan fingerprint density at radius 3 is 2.06 bits per heavy atom. The topological polar surface area (TPSA) is 41.6 Å². The average Bonchev–Trinajstić information content (AvgIpc) is 2.13. The van der Waals surface area contributed by atoms with Crippen molar-refractivity contribution in [2.24, 2.45) is 0 Å². The quantitative estimate of drug-likeness (QED) is 0.786. The molecular weight excluding hydrogens is 228 g/mol. The molecular formula is C14H26N2O2. The molecule has 0 aliphatic carbocycles. The summed E-state index contributed by atoms with van der Waals surface area (Å²) in [5.74, 6) is -0.0579. The summed E-state index contributed by atoms with van der Waals surface area (Å²) in [7, 11) is 1.70. The molecule has 18 heavy (non-hydrogen) atoms. The van der Waals surface area contributed by atoms with Crippen LogP contribution in [0.15, 0.2) is 12.2 Å². The Morgan fingerprint density at radius 2 is 1.72 bits per heavy atom. The Bertz CT molecular complexity index is 330. The van der Waals surface area contributed by atoms with Crippen LogP contribution in [0.4, 0.5) is 0 Å². The number of hydroxylamine groups is 2. The number of piperidine rings is 1. The van der Waals surface area contributed by atoms with Gasteiger partial charge in [-0.3, -0.25) is 4.79 Å². The molecule has 1 aliphatic rings. The standard InChI is InChI=1S/C14H26N2O2/c1-10(2)12(17)15-11-8-13(3,4)16(18-7)14(5,6)9-11/h11H,1,8-9H2,2-7H3,(H,15,17). The smallest absolute Gasteiger partial charge is 0.246 e. The van der Waals surface area contributed by atoms with Crippen molar-refractivity contribution < 1.29 is 9.63 Å². The molecule has 0 saturated carbocycles. The van der Waals surface area contributed by atoms with Crippen LogP contribution >= 0.6 is 0 Å². The summed E-state index contributed by atoms with van der Waals surface area (Å²) < 4.78 is 0. The van der Waals surface area contributed by atoms with E-state index in [1.54, 1.807) is 14.0 Å². The second kappa shape index (κ2) is 5.02. The largest absolute Gasteiger partial charge is 0.349 e. The van der Waals surface area contributed by atoms with Crippen LogP contribution in [-0.2, 0) is 9.63 Å². The van der Waals surface area contributed by atoms with Gasteiger partial charge in [-0.15, -0.1) is 0 Å². The minimum atomic E-state index is -0.108. The van der Waals surface area contributed by atoms with E-state index in [-0.39, 0.29) is 23.0 Å². The molecule has 0 radical (unpaired) electrons. The molecule has 1 saturated heterocycles. The summed E-state index contributed by atoms with van der Waals surface area (Å²) >= 11 is 0. The number of hydrogen-bond acceptors (Lipinski definition) is 3. The lowest BCUT2D eigenvalue weighted by Crippen LogP contribution is -2.63. The number of nitrogens with one attached hydrogen (secondary N) is 1. The summed E-state index contributed by atoms with van der Waals surface area (Å²) in [6, 6.07) is 0.158. The number of amides is 1. The van der Waals surface area contributed by atoms with Gasteiger partial charge in [0.25, 0.3) is 0 Å².